The van der Waals surface area contributed by atoms with Crippen molar-refractivity contribution in [2.45, 2.75) is 30.5 Å². The van der Waals surface area contributed by atoms with Crippen molar-refractivity contribution in [1.29, 1.82) is 0 Å². The van der Waals surface area contributed by atoms with Crippen molar-refractivity contribution in [1.82, 2.24) is 0 Å². The van der Waals surface area contributed by atoms with Gasteiger partial charge in [0.1, 0.15) is 23.5 Å². The minimum absolute atomic E-state index is 0.0221. The lowest BCUT2D eigenvalue weighted by molar-refractivity contribution is -0.142. The molecule has 0 spiro atoms. The summed E-state index contributed by atoms with van der Waals surface area (Å²) in [5, 5.41) is 8.86. The average molecular weight is 576 g/mol. The number of alkyl halides is 3. The molecule has 1 heterocycles. The van der Waals surface area contributed by atoms with Gasteiger partial charge in [0.25, 0.3) is 10.0 Å². The summed E-state index contributed by atoms with van der Waals surface area (Å²) in [5.74, 6) is -4.08. The molecule has 1 aliphatic heterocycles. The number of rotatable bonds is 6. The quantitative estimate of drug-likeness (QED) is 0.273. The highest BCUT2D eigenvalue weighted by Crippen LogP contribution is 2.43. The van der Waals surface area contributed by atoms with Gasteiger partial charge in [-0.15, -0.1) is 0 Å². The fourth-order valence-corrected chi connectivity index (χ4v) is 5.81. The summed E-state index contributed by atoms with van der Waals surface area (Å²) in [6.45, 7) is 0.967. The zero-order valence-corrected chi connectivity index (χ0v) is 21.0. The SMILES string of the molecule is CC(C[C@H]1CN(S(=O)(=O)c2cccc(C(F)(F)F)c2)c2cc(-c3cc(F)cc(F)c3Cl)ccc2O1)C(=O)O. The van der Waals surface area contributed by atoms with Crippen LogP contribution < -0.4 is 9.04 Å². The first kappa shape index (κ1) is 27.6. The number of carboxylic acids is 1. The lowest BCUT2D eigenvalue weighted by Gasteiger charge is -2.36. The zero-order chi connectivity index (χ0) is 28.0. The topological polar surface area (TPSA) is 83.9 Å². The number of fused-ring (bicyclic) bond motifs is 1. The van der Waals surface area contributed by atoms with Crippen molar-refractivity contribution < 1.29 is 45.0 Å². The van der Waals surface area contributed by atoms with E-state index in [1.807, 2.05) is 0 Å². The van der Waals surface area contributed by atoms with Gasteiger partial charge in [0.2, 0.25) is 0 Å². The second-order valence-corrected chi connectivity index (χ2v) is 10.9. The van der Waals surface area contributed by atoms with Crippen molar-refractivity contribution >= 4 is 33.3 Å². The summed E-state index contributed by atoms with van der Waals surface area (Å²) in [6.07, 6.45) is -5.87. The molecule has 0 radical (unpaired) electrons. The lowest BCUT2D eigenvalue weighted by Crippen LogP contribution is -2.44. The third-order valence-corrected chi connectivity index (χ3v) is 8.14. The summed E-state index contributed by atoms with van der Waals surface area (Å²) in [4.78, 5) is 10.7. The number of hydrogen-bond acceptors (Lipinski definition) is 4. The highest BCUT2D eigenvalue weighted by Gasteiger charge is 2.38. The van der Waals surface area contributed by atoms with Crippen LogP contribution in [0.2, 0.25) is 5.02 Å². The van der Waals surface area contributed by atoms with Crippen LogP contribution in [0.4, 0.5) is 27.6 Å². The van der Waals surface area contributed by atoms with Crippen LogP contribution in [0.3, 0.4) is 0 Å². The Bertz CT molecular complexity index is 1510. The number of carboxylic acid groups (broad SMARTS) is 1. The van der Waals surface area contributed by atoms with Crippen LogP contribution in [-0.2, 0) is 21.0 Å². The number of hydrogen-bond donors (Lipinski definition) is 1. The molecule has 1 N–H and O–H groups in total. The summed E-state index contributed by atoms with van der Waals surface area (Å²) < 4.78 is 102. The first-order chi connectivity index (χ1) is 17.7. The van der Waals surface area contributed by atoms with Crippen molar-refractivity contribution in [3.63, 3.8) is 0 Å². The largest absolute Gasteiger partial charge is 0.486 e. The summed E-state index contributed by atoms with van der Waals surface area (Å²) >= 11 is 6.01. The second-order valence-electron chi connectivity index (χ2n) is 8.71. The van der Waals surface area contributed by atoms with Crippen LogP contribution in [0.15, 0.2) is 59.5 Å². The molecule has 202 valence electrons. The summed E-state index contributed by atoms with van der Waals surface area (Å²) in [5.41, 5.74) is -1.29. The Morgan fingerprint density at radius 2 is 1.87 bits per heavy atom. The van der Waals surface area contributed by atoms with Crippen LogP contribution in [0, 0.1) is 17.6 Å². The van der Waals surface area contributed by atoms with Gasteiger partial charge < -0.3 is 9.84 Å². The molecule has 4 rings (SSSR count). The molecule has 13 heteroatoms. The smallest absolute Gasteiger partial charge is 0.416 e. The Morgan fingerprint density at radius 3 is 2.53 bits per heavy atom. The predicted molar refractivity (Wildman–Crippen MR) is 129 cm³/mol. The Kier molecular flexibility index (Phi) is 7.32. The van der Waals surface area contributed by atoms with Crippen molar-refractivity contribution in [3.05, 3.63) is 76.8 Å². The Morgan fingerprint density at radius 1 is 1.16 bits per heavy atom. The van der Waals surface area contributed by atoms with E-state index in [0.29, 0.717) is 12.1 Å². The average Bonchev–Trinajstić information content (AvgIpc) is 2.85. The van der Waals surface area contributed by atoms with E-state index in [4.69, 9.17) is 16.3 Å². The van der Waals surface area contributed by atoms with E-state index < -0.39 is 67.9 Å². The molecule has 0 saturated heterocycles. The van der Waals surface area contributed by atoms with Crippen molar-refractivity contribution in [2.75, 3.05) is 10.8 Å². The van der Waals surface area contributed by atoms with E-state index >= 15 is 0 Å². The molecule has 0 fully saturated rings. The van der Waals surface area contributed by atoms with Gasteiger partial charge in [0, 0.05) is 11.6 Å². The van der Waals surface area contributed by atoms with Gasteiger partial charge in [-0.2, -0.15) is 13.2 Å². The van der Waals surface area contributed by atoms with Gasteiger partial charge in [-0.1, -0.05) is 30.7 Å². The maximum absolute atomic E-state index is 14.1. The fraction of sp³-hybridized carbons (Fsp3) is 0.240. The molecule has 0 saturated carbocycles. The molecule has 2 atom stereocenters. The van der Waals surface area contributed by atoms with Crippen LogP contribution >= 0.6 is 11.6 Å². The number of halogens is 6. The maximum atomic E-state index is 14.1. The molecule has 38 heavy (non-hydrogen) atoms. The number of ether oxygens (including phenoxy) is 1. The fourth-order valence-electron chi connectivity index (χ4n) is 4.05. The lowest BCUT2D eigenvalue weighted by atomic mass is 10.0. The molecule has 6 nitrogen and oxygen atoms in total. The van der Waals surface area contributed by atoms with Crippen molar-refractivity contribution in [3.8, 4) is 16.9 Å². The van der Waals surface area contributed by atoms with Gasteiger partial charge in [-0.05, 0) is 48.4 Å². The molecule has 1 unspecified atom stereocenters. The van der Waals surface area contributed by atoms with E-state index in [0.717, 1.165) is 28.6 Å². The maximum Gasteiger partial charge on any atom is 0.416 e. The van der Waals surface area contributed by atoms with Crippen LogP contribution in [0.25, 0.3) is 11.1 Å². The second kappa shape index (κ2) is 10.1. The van der Waals surface area contributed by atoms with Gasteiger partial charge in [0.05, 0.1) is 33.6 Å². The van der Waals surface area contributed by atoms with Gasteiger partial charge in [-0.3, -0.25) is 9.10 Å². The molecule has 0 amide bonds. The molecule has 0 aliphatic carbocycles. The van der Waals surface area contributed by atoms with Gasteiger partial charge in [0.15, 0.2) is 0 Å². The van der Waals surface area contributed by atoms with E-state index in [1.165, 1.54) is 25.1 Å². The highest BCUT2D eigenvalue weighted by molar-refractivity contribution is 7.92. The molecule has 0 aromatic heterocycles. The number of benzene rings is 3. The molecular formula is C25H19ClF5NO5S. The van der Waals surface area contributed by atoms with Crippen LogP contribution in [-0.4, -0.2) is 32.1 Å². The van der Waals surface area contributed by atoms with Crippen molar-refractivity contribution in [2.24, 2.45) is 5.92 Å². The van der Waals surface area contributed by atoms with E-state index in [2.05, 4.69) is 0 Å². The number of anilines is 1. The Labute approximate surface area is 219 Å². The first-order valence-corrected chi connectivity index (χ1v) is 12.9. The molecular weight excluding hydrogens is 557 g/mol. The standard InChI is InChI=1S/C25H19ClF5NO5S/c1-13(24(33)34)7-17-12-32(38(35,36)18-4-2-3-15(9-18)25(29,30)31)21-8-14(5-6-22(21)37-17)19-10-16(27)11-20(28)23(19)26/h2-6,8-11,13,17H,7,12H2,1H3,(H,33,34)/t13?,17-/m0/s1. The zero-order valence-electron chi connectivity index (χ0n) is 19.5. The van der Waals surface area contributed by atoms with Gasteiger partial charge >= 0.3 is 12.1 Å². The number of carbonyl (C=O) groups is 1. The van der Waals surface area contributed by atoms with E-state index in [9.17, 15) is 40.3 Å². The summed E-state index contributed by atoms with van der Waals surface area (Å²) in [6, 6.07) is 8.60. The molecule has 1 aliphatic rings. The summed E-state index contributed by atoms with van der Waals surface area (Å²) in [7, 11) is -4.65. The monoisotopic (exact) mass is 575 g/mol. The Hall–Kier alpha value is -3.38. The highest BCUT2D eigenvalue weighted by atomic mass is 35.5. The predicted octanol–water partition coefficient (Wildman–Crippen LogP) is 6.37. The number of aliphatic carboxylic acids is 1. The van der Waals surface area contributed by atoms with Crippen LogP contribution in [0.1, 0.15) is 18.9 Å². The van der Waals surface area contributed by atoms with Gasteiger partial charge in [-0.25, -0.2) is 17.2 Å². The third kappa shape index (κ3) is 5.41. The first-order valence-electron chi connectivity index (χ1n) is 11.1. The molecule has 3 aromatic carbocycles. The Balaban J connectivity index is 1.86. The van der Waals surface area contributed by atoms with E-state index in [1.54, 1.807) is 0 Å². The normalized spacial score (nSPS) is 16.5. The number of nitrogens with zero attached hydrogens (tertiary/aromatic N) is 1. The molecule has 0 bridgehead atoms. The minimum Gasteiger partial charge on any atom is -0.486 e. The van der Waals surface area contributed by atoms with E-state index in [-0.39, 0.29) is 29.0 Å². The number of sulfonamides is 1. The third-order valence-electron chi connectivity index (χ3n) is 5.98. The van der Waals surface area contributed by atoms with Crippen LogP contribution in [0.5, 0.6) is 5.75 Å². The molecule has 3 aromatic rings. The minimum atomic E-state index is -4.81.